The highest BCUT2D eigenvalue weighted by Crippen LogP contribution is 2.25. The number of rotatable bonds is 7. The number of carbonyl (C=O) groups is 1. The molecule has 8 heteroatoms. The van der Waals surface area contributed by atoms with E-state index in [0.717, 1.165) is 11.3 Å². The number of carbonyl (C=O) groups excluding carboxylic acids is 1. The minimum Gasteiger partial charge on any atom is -0.439 e. The van der Waals surface area contributed by atoms with Crippen molar-refractivity contribution in [2.24, 2.45) is 0 Å². The van der Waals surface area contributed by atoms with Crippen LogP contribution in [0.4, 0.5) is 0 Å². The highest BCUT2D eigenvalue weighted by atomic mass is 35.5. The third-order valence-electron chi connectivity index (χ3n) is 3.38. The molecule has 0 amide bonds. The monoisotopic (exact) mass is 358 g/mol. The number of hydrogen-bond acceptors (Lipinski definition) is 6. The zero-order valence-electron chi connectivity index (χ0n) is 13.4. The lowest BCUT2D eigenvalue weighted by Crippen LogP contribution is -2.04. The summed E-state index contributed by atoms with van der Waals surface area (Å²) in [7, 11) is 1.64. The fraction of sp³-hybridized carbons (Fsp3) is 0.176. The van der Waals surface area contributed by atoms with E-state index in [1.165, 1.54) is 6.20 Å². The second-order valence-electron chi connectivity index (χ2n) is 5.15. The van der Waals surface area contributed by atoms with Crippen molar-refractivity contribution in [3.05, 3.63) is 54.4 Å². The van der Waals surface area contributed by atoms with E-state index in [1.807, 2.05) is 24.4 Å². The van der Waals surface area contributed by atoms with E-state index in [-0.39, 0.29) is 0 Å². The molecule has 0 N–H and O–H groups in total. The maximum atomic E-state index is 11.0. The number of aromatic nitrogens is 4. The van der Waals surface area contributed by atoms with Crippen LogP contribution in [0.1, 0.15) is 10.4 Å². The number of methoxy groups -OCH3 is 1. The van der Waals surface area contributed by atoms with Crippen molar-refractivity contribution >= 4 is 16.8 Å². The van der Waals surface area contributed by atoms with Gasteiger partial charge in [0, 0.05) is 24.9 Å². The third-order valence-corrected chi connectivity index (χ3v) is 3.60. The molecule has 0 bridgehead atoms. The molecule has 25 heavy (non-hydrogen) atoms. The first-order valence-electron chi connectivity index (χ1n) is 7.49. The van der Waals surface area contributed by atoms with Gasteiger partial charge in [0.2, 0.25) is 5.88 Å². The lowest BCUT2D eigenvalue weighted by molar-refractivity contribution is 0.108. The number of halogens is 1. The first-order valence-corrected chi connectivity index (χ1v) is 7.87. The van der Waals surface area contributed by atoms with Crippen LogP contribution in [0.25, 0.3) is 11.3 Å². The van der Waals surface area contributed by atoms with Crippen LogP contribution >= 0.6 is 11.6 Å². The molecule has 3 rings (SSSR count). The molecule has 1 aromatic carbocycles. The first-order chi connectivity index (χ1) is 12.2. The Morgan fingerprint density at radius 2 is 2.16 bits per heavy atom. The number of benzene rings is 1. The van der Waals surface area contributed by atoms with Crippen molar-refractivity contribution in [3.8, 4) is 22.9 Å². The average molecular weight is 359 g/mol. The van der Waals surface area contributed by atoms with E-state index in [4.69, 9.17) is 21.1 Å². The predicted octanol–water partition coefficient (Wildman–Crippen LogP) is 3.16. The van der Waals surface area contributed by atoms with Crippen LogP contribution < -0.4 is 4.74 Å². The van der Waals surface area contributed by atoms with E-state index < -0.39 is 5.24 Å². The second-order valence-corrected chi connectivity index (χ2v) is 5.49. The summed E-state index contributed by atoms with van der Waals surface area (Å²) in [4.78, 5) is 15.1. The van der Waals surface area contributed by atoms with Crippen LogP contribution in [0.2, 0.25) is 0 Å². The number of hydrogen-bond donors (Lipinski definition) is 0. The van der Waals surface area contributed by atoms with Crippen molar-refractivity contribution in [2.75, 3.05) is 13.7 Å². The van der Waals surface area contributed by atoms with Crippen molar-refractivity contribution in [1.82, 2.24) is 20.0 Å². The molecule has 0 fully saturated rings. The van der Waals surface area contributed by atoms with Gasteiger partial charge in [-0.15, -0.1) is 5.10 Å². The van der Waals surface area contributed by atoms with Gasteiger partial charge in [-0.05, 0) is 29.8 Å². The summed E-state index contributed by atoms with van der Waals surface area (Å²) in [6.45, 7) is 1.20. The highest BCUT2D eigenvalue weighted by molar-refractivity contribution is 6.67. The average Bonchev–Trinajstić information content (AvgIpc) is 3.10. The van der Waals surface area contributed by atoms with Gasteiger partial charge in [0.05, 0.1) is 24.9 Å². The van der Waals surface area contributed by atoms with Crippen molar-refractivity contribution in [2.45, 2.75) is 6.54 Å². The fourth-order valence-corrected chi connectivity index (χ4v) is 2.23. The SMILES string of the molecule is COCCn1cc(-c2cccc(Oc3ccc(C(=O)Cl)cn3)c2)nn1. The number of pyridine rings is 1. The molecule has 3 aromatic rings. The van der Waals surface area contributed by atoms with E-state index in [2.05, 4.69) is 15.3 Å². The number of nitrogens with zero attached hydrogens (tertiary/aromatic N) is 4. The Kier molecular flexibility index (Phi) is 5.37. The molecule has 2 aromatic heterocycles. The van der Waals surface area contributed by atoms with E-state index in [0.29, 0.717) is 30.3 Å². The highest BCUT2D eigenvalue weighted by Gasteiger charge is 2.07. The van der Waals surface area contributed by atoms with Gasteiger partial charge in [-0.3, -0.25) is 4.79 Å². The molecule has 0 aliphatic carbocycles. The maximum Gasteiger partial charge on any atom is 0.253 e. The quantitative estimate of drug-likeness (QED) is 0.603. The minimum atomic E-state index is -0.558. The Morgan fingerprint density at radius 3 is 2.88 bits per heavy atom. The molecular weight excluding hydrogens is 344 g/mol. The van der Waals surface area contributed by atoms with Gasteiger partial charge in [0.1, 0.15) is 11.4 Å². The van der Waals surface area contributed by atoms with Crippen LogP contribution in [0.5, 0.6) is 11.6 Å². The molecular formula is C17H15ClN4O3. The minimum absolute atomic E-state index is 0.315. The summed E-state index contributed by atoms with van der Waals surface area (Å²) < 4.78 is 12.4. The Hall–Kier alpha value is -2.77. The molecule has 0 radical (unpaired) electrons. The topological polar surface area (TPSA) is 79.1 Å². The largest absolute Gasteiger partial charge is 0.439 e. The van der Waals surface area contributed by atoms with Gasteiger partial charge >= 0.3 is 0 Å². The Morgan fingerprint density at radius 1 is 1.28 bits per heavy atom. The molecule has 0 saturated carbocycles. The molecule has 0 unspecified atom stereocenters. The lowest BCUT2D eigenvalue weighted by Gasteiger charge is -2.06. The van der Waals surface area contributed by atoms with Gasteiger partial charge in [-0.25, -0.2) is 9.67 Å². The number of ether oxygens (including phenoxy) is 2. The van der Waals surface area contributed by atoms with Crippen LogP contribution in [-0.4, -0.2) is 38.9 Å². The van der Waals surface area contributed by atoms with Crippen molar-refractivity contribution in [1.29, 1.82) is 0 Å². The lowest BCUT2D eigenvalue weighted by atomic mass is 10.1. The van der Waals surface area contributed by atoms with Crippen LogP contribution in [0, 0.1) is 0 Å². The van der Waals surface area contributed by atoms with Gasteiger partial charge < -0.3 is 9.47 Å². The van der Waals surface area contributed by atoms with Gasteiger partial charge in [0.25, 0.3) is 5.24 Å². The summed E-state index contributed by atoms with van der Waals surface area (Å²) >= 11 is 5.40. The molecule has 128 valence electrons. The first kappa shape index (κ1) is 17.1. The molecule has 0 saturated heterocycles. The van der Waals surface area contributed by atoms with E-state index in [1.54, 1.807) is 30.0 Å². The summed E-state index contributed by atoms with van der Waals surface area (Å²) in [6, 6.07) is 10.6. The maximum absolute atomic E-state index is 11.0. The summed E-state index contributed by atoms with van der Waals surface area (Å²) in [5.74, 6) is 0.962. The third kappa shape index (κ3) is 4.40. The molecule has 0 atom stereocenters. The molecule has 0 aliphatic heterocycles. The smallest absolute Gasteiger partial charge is 0.253 e. The summed E-state index contributed by atoms with van der Waals surface area (Å²) in [6.07, 6.45) is 3.22. The Bertz CT molecular complexity index is 864. The molecule has 0 aliphatic rings. The fourth-order valence-electron chi connectivity index (χ4n) is 2.12. The van der Waals surface area contributed by atoms with Gasteiger partial charge in [-0.1, -0.05) is 17.3 Å². The van der Waals surface area contributed by atoms with Gasteiger partial charge in [-0.2, -0.15) is 0 Å². The standard InChI is InChI=1S/C17H15ClN4O3/c1-24-8-7-22-11-15(20-21-22)12-3-2-4-14(9-12)25-16-6-5-13(10-19-16)17(18)23/h2-6,9-11H,7-8H2,1H3. The zero-order chi connectivity index (χ0) is 17.6. The predicted molar refractivity (Wildman–Crippen MR) is 91.8 cm³/mol. The van der Waals surface area contributed by atoms with Crippen LogP contribution in [0.3, 0.4) is 0 Å². The zero-order valence-corrected chi connectivity index (χ0v) is 14.2. The molecule has 2 heterocycles. The normalized spacial score (nSPS) is 10.6. The van der Waals surface area contributed by atoms with Crippen molar-refractivity contribution in [3.63, 3.8) is 0 Å². The molecule has 0 spiro atoms. The van der Waals surface area contributed by atoms with Crippen LogP contribution in [0.15, 0.2) is 48.8 Å². The Balaban J connectivity index is 1.74. The van der Waals surface area contributed by atoms with Crippen LogP contribution in [-0.2, 0) is 11.3 Å². The van der Waals surface area contributed by atoms with Gasteiger partial charge in [0.15, 0.2) is 0 Å². The molecule has 7 nitrogen and oxygen atoms in total. The second kappa shape index (κ2) is 7.87. The Labute approximate surface area is 149 Å². The van der Waals surface area contributed by atoms with Crippen molar-refractivity contribution < 1.29 is 14.3 Å². The summed E-state index contributed by atoms with van der Waals surface area (Å²) in [5, 5.41) is 7.65. The summed E-state index contributed by atoms with van der Waals surface area (Å²) in [5.41, 5.74) is 1.92. The van der Waals surface area contributed by atoms with E-state index in [9.17, 15) is 4.79 Å². The van der Waals surface area contributed by atoms with E-state index >= 15 is 0 Å².